The number of hydrogen-bond acceptors (Lipinski definition) is 3. The van der Waals surface area contributed by atoms with E-state index in [1.165, 1.54) is 16.5 Å². The molecule has 3 rings (SSSR count). The summed E-state index contributed by atoms with van der Waals surface area (Å²) in [6.45, 7) is 1.47. The van der Waals surface area contributed by atoms with Crippen molar-refractivity contribution in [3.63, 3.8) is 0 Å². The van der Waals surface area contributed by atoms with E-state index in [9.17, 15) is 0 Å². The van der Waals surface area contributed by atoms with E-state index in [1.807, 2.05) is 12.1 Å². The molecule has 2 aromatic rings. The third-order valence-corrected chi connectivity index (χ3v) is 4.53. The Labute approximate surface area is 116 Å². The van der Waals surface area contributed by atoms with Crippen molar-refractivity contribution in [2.45, 2.75) is 6.42 Å². The number of benzene rings is 1. The van der Waals surface area contributed by atoms with E-state index in [1.54, 1.807) is 0 Å². The summed E-state index contributed by atoms with van der Waals surface area (Å²) in [5, 5.41) is 5.83. The van der Waals surface area contributed by atoms with Crippen molar-refractivity contribution in [2.75, 3.05) is 18.9 Å². The van der Waals surface area contributed by atoms with Crippen molar-refractivity contribution >= 4 is 48.2 Å². The van der Waals surface area contributed by atoms with Crippen LogP contribution in [0.2, 0.25) is 0 Å². The van der Waals surface area contributed by atoms with Crippen LogP contribution in [0.1, 0.15) is 12.1 Å². The average molecular weight is 419 g/mol. The van der Waals surface area contributed by atoms with Crippen LogP contribution in [0, 0.1) is 0 Å². The second-order valence-electron chi connectivity index (χ2n) is 4.12. The third kappa shape index (κ3) is 1.99. The first-order valence-corrected chi connectivity index (χ1v) is 7.57. The topological polar surface area (TPSA) is 53.1 Å². The molecule has 0 bridgehead atoms. The van der Waals surface area contributed by atoms with Gasteiger partial charge in [-0.15, -0.1) is 0 Å². The molecule has 0 saturated carbocycles. The molecular weight excluding hydrogens is 407 g/mol. The number of nitrogens with zero attached hydrogens (tertiary/aromatic N) is 2. The van der Waals surface area contributed by atoms with Crippen LogP contribution in [0.3, 0.4) is 0 Å². The first-order chi connectivity index (χ1) is 8.25. The average Bonchev–Trinajstić information content (AvgIpc) is 2.67. The van der Waals surface area contributed by atoms with Crippen molar-refractivity contribution in [1.82, 2.24) is 7.59 Å². The van der Waals surface area contributed by atoms with Gasteiger partial charge in [0, 0.05) is 0 Å². The molecule has 2 N–H and O–H groups in total. The molecule has 5 heteroatoms. The van der Waals surface area contributed by atoms with Gasteiger partial charge in [0.15, 0.2) is 0 Å². The minimum atomic E-state index is 0.667. The quantitative estimate of drug-likeness (QED) is 0.562. The first-order valence-electron chi connectivity index (χ1n) is 5.56. The van der Waals surface area contributed by atoms with Crippen LogP contribution >= 0.6 is 0 Å². The zero-order valence-corrected chi connectivity index (χ0v) is 13.9. The third-order valence-electron chi connectivity index (χ3n) is 3.00. The van der Waals surface area contributed by atoms with Gasteiger partial charge in [-0.2, -0.15) is 0 Å². The molecule has 0 radical (unpaired) electrons. The summed E-state index contributed by atoms with van der Waals surface area (Å²) in [5.41, 5.74) is 10.2. The number of rotatable bonds is 1. The van der Waals surface area contributed by atoms with Crippen LogP contribution in [0.5, 0.6) is 0 Å². The summed E-state index contributed by atoms with van der Waals surface area (Å²) in [6.07, 6.45) is 3.06. The normalized spacial score (nSPS) is 16.1. The van der Waals surface area contributed by atoms with Crippen LogP contribution < -0.4 is 5.73 Å². The van der Waals surface area contributed by atoms with E-state index in [0.717, 1.165) is 24.4 Å². The Hall–Kier alpha value is -0.888. The van der Waals surface area contributed by atoms with Gasteiger partial charge in [0.05, 0.1) is 0 Å². The van der Waals surface area contributed by atoms with Gasteiger partial charge in [-0.3, -0.25) is 0 Å². The predicted octanol–water partition coefficient (Wildman–Crippen LogP) is 1.35. The van der Waals surface area contributed by atoms with Crippen molar-refractivity contribution in [2.24, 2.45) is 0 Å². The summed E-state index contributed by atoms with van der Waals surface area (Å²) >= 11 is 0.667. The summed E-state index contributed by atoms with van der Waals surface area (Å²) in [5.74, 6) is 0. The number of nitrogen functional groups attached to an aromatic ring is 1. The molecule has 84 valence electrons. The van der Waals surface area contributed by atoms with Crippen LogP contribution in [0.15, 0.2) is 24.3 Å². The van der Waals surface area contributed by atoms with Crippen molar-refractivity contribution < 1.29 is 4.74 Å². The second-order valence-corrected chi connectivity index (χ2v) is 6.03. The second kappa shape index (κ2) is 4.41. The molecule has 1 aliphatic heterocycles. The fourth-order valence-electron chi connectivity index (χ4n) is 2.14. The van der Waals surface area contributed by atoms with Crippen LogP contribution in [0.25, 0.3) is 16.5 Å². The van der Waals surface area contributed by atoms with Gasteiger partial charge in [-0.25, -0.2) is 0 Å². The van der Waals surface area contributed by atoms with Gasteiger partial charge in [0.25, 0.3) is 0 Å². The zero-order valence-electron chi connectivity index (χ0n) is 9.39. The van der Waals surface area contributed by atoms with E-state index in [0.29, 0.717) is 32.7 Å². The van der Waals surface area contributed by atoms with Crippen LogP contribution in [-0.4, -0.2) is 46.9 Å². The van der Waals surface area contributed by atoms with E-state index in [-0.39, 0.29) is 0 Å². The molecule has 0 spiro atoms. The van der Waals surface area contributed by atoms with Gasteiger partial charge < -0.3 is 0 Å². The number of fused-ring (bicyclic) bond motifs is 1. The molecule has 0 unspecified atom stereocenters. The predicted molar refractivity (Wildman–Crippen MR) is 68.7 cm³/mol. The first kappa shape index (κ1) is 11.2. The van der Waals surface area contributed by atoms with Crippen LogP contribution in [0.4, 0.5) is 5.69 Å². The summed E-state index contributed by atoms with van der Waals surface area (Å²) in [6, 6.07) is 6.01. The van der Waals surface area contributed by atoms with Gasteiger partial charge in [0.2, 0.25) is 0 Å². The van der Waals surface area contributed by atoms with Gasteiger partial charge in [-0.05, 0) is 0 Å². The molecule has 0 fully saturated rings. The molecule has 2 heterocycles. The Morgan fingerprint density at radius 3 is 3.06 bits per heavy atom. The van der Waals surface area contributed by atoms with E-state index >= 15 is 0 Å². The van der Waals surface area contributed by atoms with Crippen molar-refractivity contribution in [1.29, 1.82) is 0 Å². The van der Waals surface area contributed by atoms with E-state index in [2.05, 4.69) is 19.7 Å². The zero-order chi connectivity index (χ0) is 11.8. The molecule has 1 aliphatic rings. The Morgan fingerprint density at radius 1 is 1.41 bits per heavy atom. The Morgan fingerprint density at radius 2 is 2.29 bits per heavy atom. The fraction of sp³-hybridized carbons (Fsp3) is 0.250. The van der Waals surface area contributed by atoms with Crippen molar-refractivity contribution in [3.8, 4) is 0 Å². The number of hydrogen-bond donors (Lipinski definition) is 1. The number of anilines is 1. The maximum absolute atomic E-state index is 5.86. The minimum absolute atomic E-state index is 0.667. The Bertz CT molecular complexity index is 603. The summed E-state index contributed by atoms with van der Waals surface area (Å²) in [4.78, 5) is 0. The maximum atomic E-state index is 5.86. The van der Waals surface area contributed by atoms with E-state index in [4.69, 9.17) is 10.5 Å². The summed E-state index contributed by atoms with van der Waals surface area (Å²) in [7, 11) is 0. The molecule has 0 aliphatic carbocycles. The Balaban J connectivity index is 2.22. The van der Waals surface area contributed by atoms with Gasteiger partial charge in [-0.1, -0.05) is 0 Å². The molecular formula is C12H12N3OTl. The monoisotopic (exact) mass is 419 g/mol. The molecule has 4 nitrogen and oxygen atoms in total. The number of ether oxygens (including phenoxy) is 1. The Kier molecular flexibility index (Phi) is 2.91. The van der Waals surface area contributed by atoms with Gasteiger partial charge in [0.1, 0.15) is 0 Å². The summed E-state index contributed by atoms with van der Waals surface area (Å²) < 4.78 is 7.41. The molecule has 1 aromatic heterocycles. The number of aromatic nitrogens is 2. The standard InChI is InChI=1S/C12H12N3O.Tl/c13-9-1-2-11-10(7-9)12(15-14-11)8-3-5-16-6-4-8;/h1-3,7H,4-6,13H2;/q-1;+1. The molecule has 0 atom stereocenters. The van der Waals surface area contributed by atoms with E-state index < -0.39 is 0 Å². The molecule has 1 aromatic carbocycles. The molecule has 17 heavy (non-hydrogen) atoms. The molecule has 0 saturated heterocycles. The van der Waals surface area contributed by atoms with Crippen LogP contribution in [-0.2, 0) is 4.74 Å². The van der Waals surface area contributed by atoms with Crippen molar-refractivity contribution in [3.05, 3.63) is 30.0 Å². The SMILES string of the molecule is Nc1ccc2c(c1)c(C1=CCOCC1)n[n]2[Tl]. The van der Waals surface area contributed by atoms with Gasteiger partial charge >= 0.3 is 116 Å². The number of nitrogens with two attached hydrogens (primary N) is 1. The fourth-order valence-corrected chi connectivity index (χ4v) is 3.46. The molecule has 0 amide bonds.